The molecule has 2 rings (SSSR count). The SMILES string of the molecule is Cc1cc(Cc2cc(C)c(NC(=O)CC(C)C)c(C)c2)cc(C)c1NC(=O)CC(C)C. The second-order valence-corrected chi connectivity index (χ2v) is 9.68. The molecule has 0 heterocycles. The van der Waals surface area contributed by atoms with E-state index in [9.17, 15) is 9.59 Å². The number of aryl methyl sites for hydroxylation is 4. The summed E-state index contributed by atoms with van der Waals surface area (Å²) in [5, 5.41) is 6.16. The zero-order chi connectivity index (χ0) is 23.3. The number of anilines is 2. The van der Waals surface area contributed by atoms with E-state index in [0.29, 0.717) is 24.7 Å². The molecule has 0 fully saturated rings. The Morgan fingerprint density at radius 1 is 0.645 bits per heavy atom. The number of benzene rings is 2. The second-order valence-electron chi connectivity index (χ2n) is 9.68. The Hall–Kier alpha value is -2.62. The highest BCUT2D eigenvalue weighted by atomic mass is 16.2. The van der Waals surface area contributed by atoms with Crippen LogP contribution in [0.2, 0.25) is 0 Å². The van der Waals surface area contributed by atoms with Crippen LogP contribution in [0, 0.1) is 39.5 Å². The predicted octanol–water partition coefficient (Wildman–Crippen LogP) is 6.48. The van der Waals surface area contributed by atoms with E-state index in [2.05, 4.69) is 34.9 Å². The molecule has 0 atom stereocenters. The van der Waals surface area contributed by atoms with Crippen LogP contribution in [0.3, 0.4) is 0 Å². The lowest BCUT2D eigenvalue weighted by molar-refractivity contribution is -0.117. The van der Waals surface area contributed by atoms with Crippen molar-refractivity contribution in [3.8, 4) is 0 Å². The first kappa shape index (κ1) is 24.6. The molecule has 2 amide bonds. The largest absolute Gasteiger partial charge is 0.326 e. The maximum absolute atomic E-state index is 12.2. The van der Waals surface area contributed by atoms with E-state index in [1.54, 1.807) is 0 Å². The Kier molecular flexibility index (Phi) is 8.43. The van der Waals surface area contributed by atoms with E-state index in [0.717, 1.165) is 40.0 Å². The number of amides is 2. The van der Waals surface area contributed by atoms with Crippen molar-refractivity contribution in [1.82, 2.24) is 0 Å². The molecule has 0 aliphatic heterocycles. The Balaban J connectivity index is 2.19. The minimum atomic E-state index is 0.0651. The monoisotopic (exact) mass is 422 g/mol. The minimum absolute atomic E-state index is 0.0651. The topological polar surface area (TPSA) is 58.2 Å². The molecule has 0 saturated heterocycles. The average Bonchev–Trinajstić information content (AvgIpc) is 2.60. The standard InChI is InChI=1S/C27H38N2O2/c1-16(2)9-24(30)28-26-18(5)11-22(12-19(26)6)15-23-13-20(7)27(21(8)14-23)29-25(31)10-17(3)4/h11-14,16-17H,9-10,15H2,1-8H3,(H,28,30)(H,29,31). The van der Waals surface area contributed by atoms with Crippen molar-refractivity contribution >= 4 is 23.2 Å². The third-order valence-corrected chi connectivity index (χ3v) is 5.31. The number of hydrogen-bond donors (Lipinski definition) is 2. The molecule has 2 N–H and O–H groups in total. The maximum Gasteiger partial charge on any atom is 0.224 e. The second kappa shape index (κ2) is 10.6. The van der Waals surface area contributed by atoms with Crippen LogP contribution in [0.15, 0.2) is 24.3 Å². The third kappa shape index (κ3) is 7.23. The fraction of sp³-hybridized carbons (Fsp3) is 0.481. The molecule has 0 aromatic heterocycles. The predicted molar refractivity (Wildman–Crippen MR) is 131 cm³/mol. The molecule has 0 radical (unpaired) electrons. The zero-order valence-electron chi connectivity index (χ0n) is 20.4. The molecule has 168 valence electrons. The molecular formula is C27H38N2O2. The molecule has 0 saturated carbocycles. The number of carbonyl (C=O) groups excluding carboxylic acids is 2. The number of carbonyl (C=O) groups is 2. The van der Waals surface area contributed by atoms with E-state index < -0.39 is 0 Å². The fourth-order valence-electron chi connectivity index (χ4n) is 4.06. The van der Waals surface area contributed by atoms with Gasteiger partial charge in [-0.2, -0.15) is 0 Å². The summed E-state index contributed by atoms with van der Waals surface area (Å²) in [4.78, 5) is 24.4. The molecule has 0 aliphatic carbocycles. The molecule has 2 aromatic rings. The molecule has 4 heteroatoms. The lowest BCUT2D eigenvalue weighted by Crippen LogP contribution is -2.16. The van der Waals surface area contributed by atoms with Crippen LogP contribution >= 0.6 is 0 Å². The van der Waals surface area contributed by atoms with Crippen molar-refractivity contribution in [2.45, 2.75) is 74.7 Å². The lowest BCUT2D eigenvalue weighted by atomic mass is 9.96. The zero-order valence-corrected chi connectivity index (χ0v) is 20.4. The van der Waals surface area contributed by atoms with Crippen molar-refractivity contribution in [2.75, 3.05) is 10.6 Å². The Morgan fingerprint density at radius 3 is 1.19 bits per heavy atom. The highest BCUT2D eigenvalue weighted by molar-refractivity contribution is 5.93. The summed E-state index contributed by atoms with van der Waals surface area (Å²) in [7, 11) is 0. The normalized spacial score (nSPS) is 11.2. The van der Waals surface area contributed by atoms with Crippen LogP contribution in [0.25, 0.3) is 0 Å². The van der Waals surface area contributed by atoms with E-state index in [-0.39, 0.29) is 11.8 Å². The van der Waals surface area contributed by atoms with Gasteiger partial charge in [0, 0.05) is 24.2 Å². The molecule has 31 heavy (non-hydrogen) atoms. The Labute approximate surface area is 187 Å². The number of rotatable bonds is 8. The number of hydrogen-bond acceptors (Lipinski definition) is 2. The molecule has 0 bridgehead atoms. The molecular weight excluding hydrogens is 384 g/mol. The molecule has 4 nitrogen and oxygen atoms in total. The van der Waals surface area contributed by atoms with Gasteiger partial charge in [-0.3, -0.25) is 9.59 Å². The van der Waals surface area contributed by atoms with Gasteiger partial charge in [-0.1, -0.05) is 52.0 Å². The van der Waals surface area contributed by atoms with Gasteiger partial charge in [0.25, 0.3) is 0 Å². The molecule has 0 unspecified atom stereocenters. The molecule has 0 aliphatic rings. The Morgan fingerprint density at radius 2 is 0.935 bits per heavy atom. The van der Waals surface area contributed by atoms with Crippen LogP contribution < -0.4 is 10.6 Å². The van der Waals surface area contributed by atoms with Gasteiger partial charge in [-0.15, -0.1) is 0 Å². The van der Waals surface area contributed by atoms with Crippen molar-refractivity contribution < 1.29 is 9.59 Å². The average molecular weight is 423 g/mol. The maximum atomic E-state index is 12.2. The summed E-state index contributed by atoms with van der Waals surface area (Å²) in [5.74, 6) is 0.805. The highest BCUT2D eigenvalue weighted by Gasteiger charge is 2.13. The first-order valence-electron chi connectivity index (χ1n) is 11.3. The van der Waals surface area contributed by atoms with Crippen molar-refractivity contribution in [1.29, 1.82) is 0 Å². The highest BCUT2D eigenvalue weighted by Crippen LogP contribution is 2.27. The Bertz CT molecular complexity index is 834. The quantitative estimate of drug-likeness (QED) is 0.511. The first-order chi connectivity index (χ1) is 14.5. The van der Waals surface area contributed by atoms with E-state index >= 15 is 0 Å². The summed E-state index contributed by atoms with van der Waals surface area (Å²) < 4.78 is 0. The van der Waals surface area contributed by atoms with Gasteiger partial charge in [0.05, 0.1) is 0 Å². The molecule has 0 spiro atoms. The molecule has 2 aromatic carbocycles. The summed E-state index contributed by atoms with van der Waals surface area (Å²) in [6.07, 6.45) is 1.86. The fourth-order valence-corrected chi connectivity index (χ4v) is 4.06. The summed E-state index contributed by atoms with van der Waals surface area (Å²) in [6, 6.07) is 8.61. The van der Waals surface area contributed by atoms with E-state index in [1.807, 2.05) is 55.4 Å². The van der Waals surface area contributed by atoms with Gasteiger partial charge >= 0.3 is 0 Å². The van der Waals surface area contributed by atoms with Gasteiger partial charge < -0.3 is 10.6 Å². The smallest absolute Gasteiger partial charge is 0.224 e. The minimum Gasteiger partial charge on any atom is -0.326 e. The summed E-state index contributed by atoms with van der Waals surface area (Å²) in [6.45, 7) is 16.4. The van der Waals surface area contributed by atoms with Crippen LogP contribution in [-0.2, 0) is 16.0 Å². The van der Waals surface area contributed by atoms with Gasteiger partial charge in [0.1, 0.15) is 0 Å². The van der Waals surface area contributed by atoms with E-state index in [1.165, 1.54) is 11.1 Å². The van der Waals surface area contributed by atoms with Crippen LogP contribution in [0.4, 0.5) is 11.4 Å². The van der Waals surface area contributed by atoms with Crippen molar-refractivity contribution in [3.63, 3.8) is 0 Å². The first-order valence-corrected chi connectivity index (χ1v) is 11.3. The van der Waals surface area contributed by atoms with Crippen molar-refractivity contribution in [3.05, 3.63) is 57.6 Å². The third-order valence-electron chi connectivity index (χ3n) is 5.31. The lowest BCUT2D eigenvalue weighted by Gasteiger charge is -2.17. The van der Waals surface area contributed by atoms with Gasteiger partial charge in [0.2, 0.25) is 11.8 Å². The summed E-state index contributed by atoms with van der Waals surface area (Å²) >= 11 is 0. The summed E-state index contributed by atoms with van der Waals surface area (Å²) in [5.41, 5.74) is 8.60. The van der Waals surface area contributed by atoms with Crippen molar-refractivity contribution in [2.24, 2.45) is 11.8 Å². The van der Waals surface area contributed by atoms with Gasteiger partial charge in [-0.05, 0) is 79.3 Å². The van der Waals surface area contributed by atoms with Crippen LogP contribution in [-0.4, -0.2) is 11.8 Å². The number of nitrogens with one attached hydrogen (secondary N) is 2. The van der Waals surface area contributed by atoms with Gasteiger partial charge in [-0.25, -0.2) is 0 Å². The van der Waals surface area contributed by atoms with E-state index in [4.69, 9.17) is 0 Å². The van der Waals surface area contributed by atoms with Gasteiger partial charge in [0.15, 0.2) is 0 Å². The van der Waals surface area contributed by atoms with Crippen LogP contribution in [0.1, 0.15) is 73.9 Å². The van der Waals surface area contributed by atoms with Crippen LogP contribution in [0.5, 0.6) is 0 Å².